The van der Waals surface area contributed by atoms with Gasteiger partial charge in [0, 0.05) is 14.5 Å². The molecule has 18 heavy (non-hydrogen) atoms. The van der Waals surface area contributed by atoms with Crippen molar-refractivity contribution in [3.63, 3.8) is 0 Å². The lowest BCUT2D eigenvalue weighted by Gasteiger charge is -2.12. The molecule has 4 heteroatoms. The fraction of sp³-hybridized carbons (Fsp3) is 0.143. The number of benzene rings is 2. The molecule has 0 spiro atoms. The quantitative estimate of drug-likeness (QED) is 0.562. The van der Waals surface area contributed by atoms with E-state index in [1.54, 1.807) is 0 Å². The van der Waals surface area contributed by atoms with Gasteiger partial charge in [0.05, 0.1) is 5.38 Å². The molecule has 0 saturated heterocycles. The Bertz CT molecular complexity index is 554. The molecule has 0 aliphatic rings. The summed E-state index contributed by atoms with van der Waals surface area (Å²) in [5, 5.41) is 1.27. The smallest absolute Gasteiger partial charge is 0.0637 e. The minimum Gasteiger partial charge on any atom is -0.117 e. The average Bonchev–Trinajstić information content (AvgIpc) is 2.32. The molecule has 2 aromatic rings. The molecule has 2 aromatic carbocycles. The van der Waals surface area contributed by atoms with Crippen molar-refractivity contribution < 1.29 is 0 Å². The van der Waals surface area contributed by atoms with Gasteiger partial charge in [0.1, 0.15) is 0 Å². The normalized spacial score (nSPS) is 12.4. The molecule has 0 aliphatic heterocycles. The van der Waals surface area contributed by atoms with Crippen LogP contribution in [0.15, 0.2) is 46.9 Å². The zero-order valence-electron chi connectivity index (χ0n) is 9.34. The summed E-state index contributed by atoms with van der Waals surface area (Å²) in [6.45, 7) is 0. The Balaban J connectivity index is 2.21. The third-order valence-electron chi connectivity index (χ3n) is 2.60. The Morgan fingerprint density at radius 1 is 1.00 bits per heavy atom. The number of alkyl halides is 1. The summed E-state index contributed by atoms with van der Waals surface area (Å²) >= 11 is 21.9. The second-order valence-electron chi connectivity index (χ2n) is 3.97. The highest BCUT2D eigenvalue weighted by atomic mass is 79.9. The number of rotatable bonds is 3. The van der Waals surface area contributed by atoms with Crippen LogP contribution >= 0.6 is 50.7 Å². The second-order valence-corrected chi connectivity index (χ2v) is 6.22. The van der Waals surface area contributed by atoms with Crippen LogP contribution in [0.4, 0.5) is 0 Å². The molecule has 0 heterocycles. The molecule has 0 nitrogen and oxygen atoms in total. The minimum atomic E-state index is -0.142. The predicted octanol–water partition coefficient (Wildman–Crippen LogP) is 6.28. The molecular formula is C14H10BrCl3. The molecule has 0 aromatic heterocycles. The van der Waals surface area contributed by atoms with Gasteiger partial charge in [-0.15, -0.1) is 11.6 Å². The first-order chi connectivity index (χ1) is 8.56. The van der Waals surface area contributed by atoms with Crippen LogP contribution in [0, 0.1) is 0 Å². The van der Waals surface area contributed by atoms with Gasteiger partial charge in [0.25, 0.3) is 0 Å². The van der Waals surface area contributed by atoms with E-state index in [0.29, 0.717) is 11.4 Å². The molecule has 1 atom stereocenters. The summed E-state index contributed by atoms with van der Waals surface area (Å²) in [7, 11) is 0. The monoisotopic (exact) mass is 362 g/mol. The first kappa shape index (κ1) is 14.2. The Morgan fingerprint density at radius 3 is 2.44 bits per heavy atom. The lowest BCUT2D eigenvalue weighted by atomic mass is 10.0. The second kappa shape index (κ2) is 6.29. The molecule has 0 bridgehead atoms. The minimum absolute atomic E-state index is 0.142. The molecule has 0 amide bonds. The zero-order valence-corrected chi connectivity index (χ0v) is 13.2. The van der Waals surface area contributed by atoms with Crippen molar-refractivity contribution in [2.75, 3.05) is 0 Å². The van der Waals surface area contributed by atoms with Crippen molar-refractivity contribution in [1.82, 2.24) is 0 Å². The van der Waals surface area contributed by atoms with Crippen LogP contribution in [0.25, 0.3) is 0 Å². The predicted molar refractivity (Wildman–Crippen MR) is 82.9 cm³/mol. The Kier molecular flexibility index (Phi) is 4.97. The van der Waals surface area contributed by atoms with E-state index >= 15 is 0 Å². The Labute approximate surface area is 130 Å². The van der Waals surface area contributed by atoms with Crippen molar-refractivity contribution in [3.8, 4) is 0 Å². The highest BCUT2D eigenvalue weighted by Gasteiger charge is 2.13. The van der Waals surface area contributed by atoms with Crippen molar-refractivity contribution in [3.05, 3.63) is 68.1 Å². The molecule has 0 saturated carbocycles. The summed E-state index contributed by atoms with van der Waals surface area (Å²) in [5.74, 6) is 0. The highest BCUT2D eigenvalue weighted by molar-refractivity contribution is 9.10. The Morgan fingerprint density at radius 2 is 1.72 bits per heavy atom. The molecule has 94 valence electrons. The molecule has 0 N–H and O–H groups in total. The fourth-order valence-electron chi connectivity index (χ4n) is 1.74. The first-order valence-electron chi connectivity index (χ1n) is 5.40. The first-order valence-corrected chi connectivity index (χ1v) is 7.38. The van der Waals surface area contributed by atoms with Crippen LogP contribution in [0.3, 0.4) is 0 Å². The van der Waals surface area contributed by atoms with Crippen LogP contribution in [0.1, 0.15) is 16.5 Å². The molecule has 0 radical (unpaired) electrons. The molecule has 2 rings (SSSR count). The Hall–Kier alpha value is -0.210. The standard InChI is InChI=1S/C14H10BrCl3/c15-13-5-4-11(17)8-12(13)14(18)7-9-2-1-3-10(16)6-9/h1-6,8,14H,7H2. The summed E-state index contributed by atoms with van der Waals surface area (Å²) in [6.07, 6.45) is 0.709. The van der Waals surface area contributed by atoms with E-state index in [0.717, 1.165) is 20.6 Å². The maximum atomic E-state index is 6.44. The summed E-state index contributed by atoms with van der Waals surface area (Å²) in [4.78, 5) is 0. The van der Waals surface area contributed by atoms with Gasteiger partial charge in [-0.3, -0.25) is 0 Å². The average molecular weight is 364 g/mol. The van der Waals surface area contributed by atoms with Gasteiger partial charge in [-0.25, -0.2) is 0 Å². The number of hydrogen-bond donors (Lipinski definition) is 0. The van der Waals surface area contributed by atoms with Gasteiger partial charge < -0.3 is 0 Å². The van der Waals surface area contributed by atoms with E-state index in [4.69, 9.17) is 34.8 Å². The molecule has 0 aliphatic carbocycles. The van der Waals surface area contributed by atoms with E-state index in [-0.39, 0.29) is 5.38 Å². The maximum Gasteiger partial charge on any atom is 0.0637 e. The van der Waals surface area contributed by atoms with Crippen LogP contribution < -0.4 is 0 Å². The van der Waals surface area contributed by atoms with E-state index in [1.165, 1.54) is 0 Å². The molecule has 1 unspecified atom stereocenters. The SMILES string of the molecule is Clc1cccc(CC(Cl)c2cc(Cl)ccc2Br)c1. The van der Waals surface area contributed by atoms with Crippen LogP contribution in [0.5, 0.6) is 0 Å². The van der Waals surface area contributed by atoms with E-state index in [1.807, 2.05) is 42.5 Å². The molecular weight excluding hydrogens is 354 g/mol. The van der Waals surface area contributed by atoms with Gasteiger partial charge in [-0.05, 0) is 47.9 Å². The van der Waals surface area contributed by atoms with Gasteiger partial charge in [-0.1, -0.05) is 51.3 Å². The third-order valence-corrected chi connectivity index (χ3v) is 4.18. The van der Waals surface area contributed by atoms with Crippen molar-refractivity contribution in [2.24, 2.45) is 0 Å². The van der Waals surface area contributed by atoms with Crippen LogP contribution in [-0.4, -0.2) is 0 Å². The van der Waals surface area contributed by atoms with Crippen molar-refractivity contribution in [1.29, 1.82) is 0 Å². The van der Waals surface area contributed by atoms with E-state index < -0.39 is 0 Å². The third kappa shape index (κ3) is 3.64. The lowest BCUT2D eigenvalue weighted by molar-refractivity contribution is 0.915. The fourth-order valence-corrected chi connectivity index (χ4v) is 3.14. The summed E-state index contributed by atoms with van der Waals surface area (Å²) in [6, 6.07) is 13.3. The lowest BCUT2D eigenvalue weighted by Crippen LogP contribution is -1.97. The van der Waals surface area contributed by atoms with E-state index in [2.05, 4.69) is 15.9 Å². The summed E-state index contributed by atoms with van der Waals surface area (Å²) in [5.41, 5.74) is 2.10. The highest BCUT2D eigenvalue weighted by Crippen LogP contribution is 2.33. The van der Waals surface area contributed by atoms with Crippen molar-refractivity contribution in [2.45, 2.75) is 11.8 Å². The largest absolute Gasteiger partial charge is 0.117 e. The number of hydrogen-bond acceptors (Lipinski definition) is 0. The van der Waals surface area contributed by atoms with Gasteiger partial charge >= 0.3 is 0 Å². The maximum absolute atomic E-state index is 6.44. The van der Waals surface area contributed by atoms with Crippen molar-refractivity contribution >= 4 is 50.7 Å². The topological polar surface area (TPSA) is 0 Å². The van der Waals surface area contributed by atoms with Gasteiger partial charge in [0.2, 0.25) is 0 Å². The zero-order chi connectivity index (χ0) is 13.1. The van der Waals surface area contributed by atoms with Gasteiger partial charge in [-0.2, -0.15) is 0 Å². The van der Waals surface area contributed by atoms with Crippen LogP contribution in [-0.2, 0) is 6.42 Å². The number of halogens is 4. The van der Waals surface area contributed by atoms with Crippen LogP contribution in [0.2, 0.25) is 10.0 Å². The van der Waals surface area contributed by atoms with E-state index in [9.17, 15) is 0 Å². The van der Waals surface area contributed by atoms with Gasteiger partial charge in [0.15, 0.2) is 0 Å². The summed E-state index contributed by atoms with van der Waals surface area (Å²) < 4.78 is 0.967. The molecule has 0 fully saturated rings.